The number of aromatic carboxylic acids is 1. The number of para-hydroxylation sites is 1. The number of aromatic nitrogens is 2. The summed E-state index contributed by atoms with van der Waals surface area (Å²) in [4.78, 5) is 16.4. The average Bonchev–Trinajstić information content (AvgIpc) is 3.59. The molecule has 0 saturated heterocycles. The molecule has 198 valence electrons. The monoisotopic (exact) mass is 568 g/mol. The molecule has 4 aromatic rings. The Morgan fingerprint density at radius 1 is 0.925 bits per heavy atom. The fourth-order valence-electron chi connectivity index (χ4n) is 4.54. The number of halogens is 2. The fourth-order valence-corrected chi connectivity index (χ4v) is 5.04. The molecule has 0 bridgehead atoms. The normalized spacial score (nSPS) is 11.9. The molecule has 1 unspecified atom stereocenters. The maximum atomic E-state index is 11.4. The van der Waals surface area contributed by atoms with Gasteiger partial charge in [0.05, 0.1) is 16.3 Å². The highest BCUT2D eigenvalue weighted by atomic mass is 35.5. The minimum absolute atomic E-state index is 0.218. The zero-order chi connectivity index (χ0) is 27.6. The lowest BCUT2D eigenvalue weighted by molar-refractivity contribution is 0.0697. The van der Waals surface area contributed by atoms with E-state index >= 15 is 0 Å². The number of hydrogen-bond donors (Lipinski definition) is 1. The van der Waals surface area contributed by atoms with Crippen LogP contribution < -0.4 is 4.74 Å². The molecule has 1 atom stereocenters. The van der Waals surface area contributed by atoms with Crippen LogP contribution in [0.25, 0.3) is 22.6 Å². The van der Waals surface area contributed by atoms with Crippen molar-refractivity contribution in [3.8, 4) is 28.3 Å². The van der Waals surface area contributed by atoms with Crippen LogP contribution in [0, 0.1) is 0 Å². The first-order valence-electron chi connectivity index (χ1n) is 12.5. The smallest absolute Gasteiger partial charge is 0.335 e. The Morgan fingerprint density at radius 3 is 2.48 bits per heavy atom. The molecule has 1 aliphatic carbocycles. The quantitative estimate of drug-likeness (QED) is 0.199. The number of nitrogens with zero attached hydrogens (tertiary/aromatic N) is 2. The van der Waals surface area contributed by atoms with Gasteiger partial charge in [-0.25, -0.2) is 9.78 Å². The van der Waals surface area contributed by atoms with Gasteiger partial charge < -0.3 is 18.8 Å². The number of carbonyl (C=O) groups is 1. The molecule has 1 aromatic heterocycles. The van der Waals surface area contributed by atoms with Gasteiger partial charge in [-0.15, -0.1) is 0 Å². The van der Waals surface area contributed by atoms with Crippen LogP contribution in [0.15, 0.2) is 114 Å². The molecular formula is C32H22Cl2N2O4. The van der Waals surface area contributed by atoms with Crippen LogP contribution in [-0.4, -0.2) is 20.6 Å². The van der Waals surface area contributed by atoms with Crippen molar-refractivity contribution in [2.75, 3.05) is 0 Å². The van der Waals surface area contributed by atoms with E-state index in [0.717, 1.165) is 16.9 Å². The van der Waals surface area contributed by atoms with Crippen molar-refractivity contribution in [2.45, 2.75) is 12.6 Å². The van der Waals surface area contributed by atoms with Crippen molar-refractivity contribution in [1.82, 2.24) is 9.55 Å². The Bertz CT molecular complexity index is 1760. The number of imidazole rings is 1. The Balaban J connectivity index is 1.50. The van der Waals surface area contributed by atoms with E-state index in [9.17, 15) is 9.90 Å². The number of fused-ring (bicyclic) bond motifs is 1. The first-order valence-corrected chi connectivity index (χ1v) is 13.2. The third-order valence-electron chi connectivity index (χ3n) is 6.52. The molecule has 0 amide bonds. The van der Waals surface area contributed by atoms with Crippen LogP contribution >= 0.6 is 23.2 Å². The van der Waals surface area contributed by atoms with E-state index < -0.39 is 12.1 Å². The van der Waals surface area contributed by atoms with Crippen molar-refractivity contribution in [1.29, 1.82) is 0 Å². The van der Waals surface area contributed by atoms with Gasteiger partial charge in [0.2, 0.25) is 6.10 Å². The van der Waals surface area contributed by atoms with Crippen LogP contribution in [0.3, 0.4) is 0 Å². The maximum absolute atomic E-state index is 11.4. The van der Waals surface area contributed by atoms with E-state index in [1.165, 1.54) is 0 Å². The first kappa shape index (κ1) is 25.7. The lowest BCUT2D eigenvalue weighted by atomic mass is 10.1. The SMILES string of the molecule is O=C(O)c1ccc(Cn2cc(-c3ccc(Cl)cc3Cl)nc2C(Oc2ccccc2)c2ccc3cccc-3o2)cc1. The van der Waals surface area contributed by atoms with Gasteiger partial charge in [-0.1, -0.05) is 65.7 Å². The van der Waals surface area contributed by atoms with Gasteiger partial charge in [-0.05, 0) is 66.2 Å². The summed E-state index contributed by atoms with van der Waals surface area (Å²) in [5, 5.41) is 10.3. The topological polar surface area (TPSA) is 77.5 Å². The molecule has 0 saturated carbocycles. The summed E-state index contributed by atoms with van der Waals surface area (Å²) < 4.78 is 14.8. The molecule has 1 aliphatic heterocycles. The second-order valence-corrected chi connectivity index (χ2v) is 10.1. The van der Waals surface area contributed by atoms with Gasteiger partial charge >= 0.3 is 5.97 Å². The minimum atomic E-state index is -0.977. The van der Waals surface area contributed by atoms with Crippen molar-refractivity contribution < 1.29 is 19.1 Å². The molecular weight excluding hydrogens is 547 g/mol. The van der Waals surface area contributed by atoms with Crippen molar-refractivity contribution in [2.24, 2.45) is 0 Å². The van der Waals surface area contributed by atoms with E-state index in [-0.39, 0.29) is 5.56 Å². The average molecular weight is 569 g/mol. The first-order chi connectivity index (χ1) is 19.4. The van der Waals surface area contributed by atoms with Gasteiger partial charge in [0, 0.05) is 28.9 Å². The van der Waals surface area contributed by atoms with Gasteiger partial charge in [-0.3, -0.25) is 0 Å². The van der Waals surface area contributed by atoms with Crippen molar-refractivity contribution in [3.63, 3.8) is 0 Å². The largest absolute Gasteiger partial charge is 0.478 e. The molecule has 0 fully saturated rings. The number of benzene rings is 3. The number of hydrogen-bond acceptors (Lipinski definition) is 4. The highest BCUT2D eigenvalue weighted by Crippen LogP contribution is 2.36. The lowest BCUT2D eigenvalue weighted by Crippen LogP contribution is -2.16. The van der Waals surface area contributed by atoms with Gasteiger partial charge in [0.15, 0.2) is 11.6 Å². The second kappa shape index (κ2) is 10.9. The van der Waals surface area contributed by atoms with Gasteiger partial charge in [0.1, 0.15) is 11.5 Å². The zero-order valence-electron chi connectivity index (χ0n) is 21.0. The summed E-state index contributed by atoms with van der Waals surface area (Å²) in [6.07, 6.45) is 1.19. The standard InChI is InChI=1S/C32H22Cl2N2O4/c33-23-14-15-25(26(34)17-23)27-19-36(18-20-9-11-22(12-10-20)32(37)38)31(35-27)30(39-24-6-2-1-3-7-24)29-16-13-21-5-4-8-28(21)40-29/h1-17,19,30H,18H2,(H,37,38). The third-order valence-corrected chi connectivity index (χ3v) is 7.07. The molecule has 2 heterocycles. The number of carboxylic acid groups (broad SMARTS) is 1. The number of carboxylic acids is 1. The molecule has 2 aliphatic rings. The second-order valence-electron chi connectivity index (χ2n) is 9.23. The van der Waals surface area contributed by atoms with E-state index in [1.54, 1.807) is 36.4 Å². The van der Waals surface area contributed by atoms with Crippen molar-refractivity contribution >= 4 is 29.2 Å². The molecule has 6 nitrogen and oxygen atoms in total. The Morgan fingerprint density at radius 2 is 1.73 bits per heavy atom. The van der Waals surface area contributed by atoms with Crippen LogP contribution in [-0.2, 0) is 6.54 Å². The molecule has 3 aromatic carbocycles. The van der Waals surface area contributed by atoms with E-state index in [2.05, 4.69) is 0 Å². The van der Waals surface area contributed by atoms with Crippen LogP contribution in [0.1, 0.15) is 33.6 Å². The number of rotatable bonds is 8. The van der Waals surface area contributed by atoms with Crippen LogP contribution in [0.2, 0.25) is 10.0 Å². The molecule has 6 rings (SSSR count). The Labute approximate surface area is 240 Å². The van der Waals surface area contributed by atoms with E-state index in [1.807, 2.05) is 77.5 Å². The van der Waals surface area contributed by atoms with E-state index in [0.29, 0.717) is 45.2 Å². The molecule has 0 radical (unpaired) electrons. The predicted octanol–water partition coefficient (Wildman–Crippen LogP) is 8.47. The third kappa shape index (κ3) is 5.32. The fraction of sp³-hybridized carbons (Fsp3) is 0.0625. The highest BCUT2D eigenvalue weighted by molar-refractivity contribution is 6.36. The predicted molar refractivity (Wildman–Crippen MR) is 154 cm³/mol. The summed E-state index contributed by atoms with van der Waals surface area (Å²) in [6.45, 7) is 0.403. The molecule has 40 heavy (non-hydrogen) atoms. The highest BCUT2D eigenvalue weighted by Gasteiger charge is 2.27. The lowest BCUT2D eigenvalue weighted by Gasteiger charge is -2.20. The zero-order valence-corrected chi connectivity index (χ0v) is 22.5. The van der Waals surface area contributed by atoms with Crippen LogP contribution in [0.4, 0.5) is 0 Å². The van der Waals surface area contributed by atoms with Gasteiger partial charge in [0.25, 0.3) is 0 Å². The Hall–Kier alpha value is -4.52. The molecule has 0 spiro atoms. The van der Waals surface area contributed by atoms with Gasteiger partial charge in [-0.2, -0.15) is 0 Å². The minimum Gasteiger partial charge on any atom is -0.478 e. The maximum Gasteiger partial charge on any atom is 0.335 e. The number of ether oxygens (including phenoxy) is 1. The summed E-state index contributed by atoms with van der Waals surface area (Å²) in [7, 11) is 0. The van der Waals surface area contributed by atoms with Crippen LogP contribution in [0.5, 0.6) is 5.75 Å². The van der Waals surface area contributed by atoms with Crippen molar-refractivity contribution in [3.05, 3.63) is 142 Å². The Kier molecular flexibility index (Phi) is 7.03. The van der Waals surface area contributed by atoms with E-state index in [4.69, 9.17) is 37.3 Å². The summed E-state index contributed by atoms with van der Waals surface area (Å²) >= 11 is 12.7. The molecule has 1 N–H and O–H groups in total. The summed E-state index contributed by atoms with van der Waals surface area (Å²) in [6, 6.07) is 31.2. The summed E-state index contributed by atoms with van der Waals surface area (Å²) in [5.41, 5.74) is 3.44. The summed E-state index contributed by atoms with van der Waals surface area (Å²) in [5.74, 6) is 1.57. The molecule has 8 heteroatoms.